The highest BCUT2D eigenvalue weighted by Crippen LogP contribution is 2.36. The van der Waals surface area contributed by atoms with Crippen LogP contribution in [0.5, 0.6) is 0 Å². The summed E-state index contributed by atoms with van der Waals surface area (Å²) >= 11 is 0. The number of methoxy groups -OCH3 is 1. The van der Waals surface area contributed by atoms with Crippen molar-refractivity contribution in [1.29, 1.82) is 0 Å². The first-order valence-electron chi connectivity index (χ1n) is 6.10. The average molecular weight is 226 g/mol. The van der Waals surface area contributed by atoms with E-state index < -0.39 is 5.54 Å². The second-order valence-corrected chi connectivity index (χ2v) is 5.35. The molecule has 2 aliphatic carbocycles. The third kappa shape index (κ3) is 2.23. The van der Waals surface area contributed by atoms with E-state index in [-0.39, 0.29) is 5.97 Å². The van der Waals surface area contributed by atoms with E-state index >= 15 is 0 Å². The highest BCUT2D eigenvalue weighted by Gasteiger charge is 2.49. The molecule has 16 heavy (non-hydrogen) atoms. The molecule has 2 atom stereocenters. The number of nitrogens with zero attached hydrogens (tertiary/aromatic N) is 1. The number of rotatable bonds is 4. The van der Waals surface area contributed by atoms with Gasteiger partial charge in [0.2, 0.25) is 0 Å². The number of ether oxygens (including phenoxy) is 1. The lowest BCUT2D eigenvalue weighted by molar-refractivity contribution is -0.148. The summed E-state index contributed by atoms with van der Waals surface area (Å²) in [5, 5.41) is 3.50. The van der Waals surface area contributed by atoms with E-state index in [0.29, 0.717) is 12.1 Å². The summed E-state index contributed by atoms with van der Waals surface area (Å²) in [4.78, 5) is 14.2. The molecule has 4 heteroatoms. The van der Waals surface area contributed by atoms with Crippen LogP contribution < -0.4 is 5.32 Å². The molecule has 2 rings (SSSR count). The number of hydrogen-bond donors (Lipinski definition) is 1. The maximum atomic E-state index is 12.0. The molecule has 0 aromatic carbocycles. The molecule has 1 N–H and O–H groups in total. The Labute approximate surface area is 97.3 Å². The van der Waals surface area contributed by atoms with Crippen LogP contribution in [0.3, 0.4) is 0 Å². The first kappa shape index (κ1) is 11.9. The molecule has 0 bridgehead atoms. The Morgan fingerprint density at radius 3 is 2.50 bits per heavy atom. The second kappa shape index (κ2) is 4.34. The first-order chi connectivity index (χ1) is 7.57. The van der Waals surface area contributed by atoms with Gasteiger partial charge in [-0.25, -0.2) is 0 Å². The van der Waals surface area contributed by atoms with E-state index in [9.17, 15) is 4.79 Å². The summed E-state index contributed by atoms with van der Waals surface area (Å²) in [5.74, 6) is -0.0799. The molecule has 0 radical (unpaired) electrons. The Balaban J connectivity index is 2.06. The van der Waals surface area contributed by atoms with Crippen molar-refractivity contribution < 1.29 is 9.53 Å². The molecule has 4 nitrogen and oxygen atoms in total. The van der Waals surface area contributed by atoms with Crippen LogP contribution in [0.4, 0.5) is 0 Å². The van der Waals surface area contributed by atoms with Crippen LogP contribution >= 0.6 is 0 Å². The molecule has 0 aliphatic heterocycles. The predicted octanol–water partition coefficient (Wildman–Crippen LogP) is 0.764. The van der Waals surface area contributed by atoms with Crippen LogP contribution in [0.1, 0.15) is 32.1 Å². The first-order valence-corrected chi connectivity index (χ1v) is 6.10. The van der Waals surface area contributed by atoms with Crippen LogP contribution in [0.2, 0.25) is 0 Å². The second-order valence-electron chi connectivity index (χ2n) is 5.35. The summed E-state index contributed by atoms with van der Waals surface area (Å²) in [6.45, 7) is 0. The van der Waals surface area contributed by atoms with Crippen molar-refractivity contribution in [3.05, 3.63) is 0 Å². The Morgan fingerprint density at radius 1 is 1.38 bits per heavy atom. The van der Waals surface area contributed by atoms with Gasteiger partial charge in [0.05, 0.1) is 7.11 Å². The van der Waals surface area contributed by atoms with Crippen LogP contribution in [0, 0.1) is 0 Å². The Bertz CT molecular complexity index is 276. The molecule has 0 aromatic rings. The quantitative estimate of drug-likeness (QED) is 0.719. The predicted molar refractivity (Wildman–Crippen MR) is 62.2 cm³/mol. The van der Waals surface area contributed by atoms with Crippen molar-refractivity contribution in [3.8, 4) is 0 Å². The van der Waals surface area contributed by atoms with Crippen molar-refractivity contribution in [1.82, 2.24) is 10.2 Å². The minimum Gasteiger partial charge on any atom is -0.468 e. The zero-order chi connectivity index (χ0) is 11.8. The van der Waals surface area contributed by atoms with Crippen molar-refractivity contribution in [2.24, 2.45) is 0 Å². The standard InChI is InChI=1S/C12H22N2O2/c1-14(2)10-6-7-12(8-10,11(15)16-3)13-9-4-5-9/h9-10,13H,4-8H2,1-3H3. The number of esters is 1. The van der Waals surface area contributed by atoms with Gasteiger partial charge < -0.3 is 9.64 Å². The Hall–Kier alpha value is -0.610. The van der Waals surface area contributed by atoms with E-state index in [0.717, 1.165) is 19.3 Å². The van der Waals surface area contributed by atoms with Crippen molar-refractivity contribution in [2.75, 3.05) is 21.2 Å². The molecular weight excluding hydrogens is 204 g/mol. The fourth-order valence-electron chi connectivity index (χ4n) is 2.65. The Kier molecular flexibility index (Phi) is 3.22. The van der Waals surface area contributed by atoms with E-state index in [1.165, 1.54) is 20.0 Å². The molecule has 0 saturated heterocycles. The van der Waals surface area contributed by atoms with Gasteiger partial charge in [-0.15, -0.1) is 0 Å². The van der Waals surface area contributed by atoms with Gasteiger partial charge >= 0.3 is 5.97 Å². The van der Waals surface area contributed by atoms with E-state index in [1.54, 1.807) is 0 Å². The third-order valence-corrected chi connectivity index (χ3v) is 3.85. The normalized spacial score (nSPS) is 34.4. The van der Waals surface area contributed by atoms with Crippen LogP contribution in [0.15, 0.2) is 0 Å². The largest absolute Gasteiger partial charge is 0.468 e. The van der Waals surface area contributed by atoms with E-state index in [1.807, 2.05) is 0 Å². The minimum absolute atomic E-state index is 0.0799. The van der Waals surface area contributed by atoms with Crippen molar-refractivity contribution in [3.63, 3.8) is 0 Å². The smallest absolute Gasteiger partial charge is 0.326 e. The molecule has 2 fully saturated rings. The summed E-state index contributed by atoms with van der Waals surface area (Å²) < 4.78 is 4.97. The maximum absolute atomic E-state index is 12.0. The lowest BCUT2D eigenvalue weighted by Crippen LogP contribution is -2.52. The van der Waals surface area contributed by atoms with Crippen molar-refractivity contribution >= 4 is 5.97 Å². The highest BCUT2D eigenvalue weighted by molar-refractivity contribution is 5.81. The van der Waals surface area contributed by atoms with Gasteiger partial charge in [0.25, 0.3) is 0 Å². The monoisotopic (exact) mass is 226 g/mol. The summed E-state index contributed by atoms with van der Waals surface area (Å²) in [6, 6.07) is 1.03. The molecular formula is C12H22N2O2. The molecule has 0 heterocycles. The summed E-state index contributed by atoms with van der Waals surface area (Å²) in [7, 11) is 5.64. The zero-order valence-corrected chi connectivity index (χ0v) is 10.5. The van der Waals surface area contributed by atoms with E-state index in [2.05, 4.69) is 24.3 Å². The van der Waals surface area contributed by atoms with E-state index in [4.69, 9.17) is 4.74 Å². The lowest BCUT2D eigenvalue weighted by Gasteiger charge is -2.29. The van der Waals surface area contributed by atoms with Gasteiger partial charge in [-0.1, -0.05) is 0 Å². The van der Waals surface area contributed by atoms with Crippen LogP contribution in [0.25, 0.3) is 0 Å². The number of hydrogen-bond acceptors (Lipinski definition) is 4. The lowest BCUT2D eigenvalue weighted by atomic mass is 9.97. The maximum Gasteiger partial charge on any atom is 0.326 e. The van der Waals surface area contributed by atoms with Crippen molar-refractivity contribution in [2.45, 2.75) is 49.7 Å². The van der Waals surface area contributed by atoms with Gasteiger partial charge in [0.1, 0.15) is 5.54 Å². The molecule has 0 spiro atoms. The molecule has 2 saturated carbocycles. The highest BCUT2D eigenvalue weighted by atomic mass is 16.5. The zero-order valence-electron chi connectivity index (χ0n) is 10.5. The SMILES string of the molecule is COC(=O)C1(NC2CC2)CCC(N(C)C)C1. The number of carbonyl (C=O) groups excluding carboxylic acids is 1. The Morgan fingerprint density at radius 2 is 2.06 bits per heavy atom. The fourth-order valence-corrected chi connectivity index (χ4v) is 2.65. The molecule has 92 valence electrons. The number of carbonyl (C=O) groups is 1. The fraction of sp³-hybridized carbons (Fsp3) is 0.917. The van der Waals surface area contributed by atoms with Crippen LogP contribution in [-0.2, 0) is 9.53 Å². The third-order valence-electron chi connectivity index (χ3n) is 3.85. The van der Waals surface area contributed by atoms with Gasteiger partial charge in [-0.05, 0) is 46.2 Å². The molecule has 0 aromatic heterocycles. The average Bonchev–Trinajstić information content (AvgIpc) is 2.94. The molecule has 2 aliphatic rings. The van der Waals surface area contributed by atoms with Gasteiger partial charge in [-0.3, -0.25) is 10.1 Å². The van der Waals surface area contributed by atoms with Gasteiger partial charge in [0, 0.05) is 12.1 Å². The van der Waals surface area contributed by atoms with Gasteiger partial charge in [0.15, 0.2) is 0 Å². The topological polar surface area (TPSA) is 41.6 Å². The number of nitrogens with one attached hydrogen (secondary N) is 1. The minimum atomic E-state index is -0.412. The molecule has 2 unspecified atom stereocenters. The molecule has 0 amide bonds. The summed E-state index contributed by atoms with van der Waals surface area (Å²) in [5.41, 5.74) is -0.412. The summed E-state index contributed by atoms with van der Waals surface area (Å²) in [6.07, 6.45) is 5.25. The van der Waals surface area contributed by atoms with Gasteiger partial charge in [-0.2, -0.15) is 0 Å². The van der Waals surface area contributed by atoms with Crippen LogP contribution in [-0.4, -0.2) is 49.7 Å².